The predicted molar refractivity (Wildman–Crippen MR) is 85.8 cm³/mol. The van der Waals surface area contributed by atoms with Gasteiger partial charge in [0.1, 0.15) is 5.75 Å². The summed E-state index contributed by atoms with van der Waals surface area (Å²) in [5, 5.41) is 9.73. The highest BCUT2D eigenvalue weighted by Gasteiger charge is 2.21. The van der Waals surface area contributed by atoms with E-state index in [-0.39, 0.29) is 0 Å². The number of aromatic hydroxyl groups is 1. The highest BCUT2D eigenvalue weighted by atomic mass is 16.3. The Labute approximate surface area is 125 Å². The van der Waals surface area contributed by atoms with E-state index in [1.807, 2.05) is 24.3 Å². The molecule has 1 saturated heterocycles. The van der Waals surface area contributed by atoms with Crippen LogP contribution in [0.15, 0.2) is 59.6 Å². The molecule has 108 valence electrons. The lowest BCUT2D eigenvalue weighted by atomic mass is 10.2. The Morgan fingerprint density at radius 1 is 1.10 bits per heavy atom. The highest BCUT2D eigenvalue weighted by Crippen LogP contribution is 2.17. The Kier molecular flexibility index (Phi) is 4.31. The van der Waals surface area contributed by atoms with Crippen molar-refractivity contribution in [2.24, 2.45) is 4.99 Å². The molecular weight excluding hydrogens is 260 g/mol. The summed E-state index contributed by atoms with van der Waals surface area (Å²) in [5.74, 6) is 0.292. The van der Waals surface area contributed by atoms with Gasteiger partial charge in [0, 0.05) is 31.4 Å². The van der Waals surface area contributed by atoms with E-state index in [2.05, 4.69) is 34.2 Å². The number of likely N-dealkylation sites (tertiary alicyclic amines) is 1. The van der Waals surface area contributed by atoms with Crippen LogP contribution in [-0.4, -0.2) is 35.4 Å². The molecule has 1 N–H and O–H groups in total. The number of aliphatic imine (C=N–C) groups is 1. The Morgan fingerprint density at radius 2 is 1.86 bits per heavy atom. The first kappa shape index (κ1) is 13.8. The topological polar surface area (TPSA) is 35.8 Å². The number of phenolic OH excluding ortho intramolecular Hbond substituents is 1. The second-order valence-electron chi connectivity index (χ2n) is 5.50. The molecule has 0 aliphatic carbocycles. The molecular formula is C18H20N2O. The van der Waals surface area contributed by atoms with Crippen molar-refractivity contribution < 1.29 is 5.11 Å². The van der Waals surface area contributed by atoms with E-state index >= 15 is 0 Å². The van der Waals surface area contributed by atoms with Crippen molar-refractivity contribution in [3.8, 4) is 5.75 Å². The van der Waals surface area contributed by atoms with Crippen molar-refractivity contribution in [2.75, 3.05) is 13.1 Å². The summed E-state index contributed by atoms with van der Waals surface area (Å²) in [6, 6.07) is 18.2. The molecule has 0 amide bonds. The van der Waals surface area contributed by atoms with Crippen molar-refractivity contribution >= 4 is 6.21 Å². The van der Waals surface area contributed by atoms with Crippen LogP contribution < -0.4 is 0 Å². The van der Waals surface area contributed by atoms with Gasteiger partial charge in [-0.3, -0.25) is 9.89 Å². The maximum atomic E-state index is 9.73. The minimum absolute atomic E-state index is 0.292. The van der Waals surface area contributed by atoms with Gasteiger partial charge in [0.2, 0.25) is 0 Å². The average Bonchev–Trinajstić information content (AvgIpc) is 2.95. The number of phenols is 1. The van der Waals surface area contributed by atoms with Gasteiger partial charge in [0.25, 0.3) is 0 Å². The molecule has 21 heavy (non-hydrogen) atoms. The smallest absolute Gasteiger partial charge is 0.124 e. The number of para-hydroxylation sites is 1. The van der Waals surface area contributed by atoms with Gasteiger partial charge in [0.05, 0.1) is 6.04 Å². The number of hydrogen-bond acceptors (Lipinski definition) is 3. The van der Waals surface area contributed by atoms with Crippen LogP contribution in [0.25, 0.3) is 0 Å². The van der Waals surface area contributed by atoms with Crippen molar-refractivity contribution in [1.29, 1.82) is 0 Å². The van der Waals surface area contributed by atoms with E-state index in [1.54, 1.807) is 12.3 Å². The molecule has 3 heteroatoms. The number of benzene rings is 2. The molecule has 3 rings (SSSR count). The molecule has 0 radical (unpaired) electrons. The molecule has 2 aromatic rings. The van der Waals surface area contributed by atoms with Gasteiger partial charge in [-0.2, -0.15) is 0 Å². The summed E-state index contributed by atoms with van der Waals surface area (Å²) in [5.41, 5.74) is 2.14. The lowest BCUT2D eigenvalue weighted by molar-refractivity contribution is 0.327. The van der Waals surface area contributed by atoms with Gasteiger partial charge in [-0.25, -0.2) is 0 Å². The van der Waals surface area contributed by atoms with Gasteiger partial charge in [-0.1, -0.05) is 42.5 Å². The van der Waals surface area contributed by atoms with Crippen LogP contribution in [-0.2, 0) is 6.54 Å². The van der Waals surface area contributed by atoms with Gasteiger partial charge in [0.15, 0.2) is 0 Å². The molecule has 0 saturated carbocycles. The van der Waals surface area contributed by atoms with E-state index in [1.165, 1.54) is 5.56 Å². The summed E-state index contributed by atoms with van der Waals surface area (Å²) >= 11 is 0. The molecule has 2 aromatic carbocycles. The van der Waals surface area contributed by atoms with Crippen LogP contribution >= 0.6 is 0 Å². The fourth-order valence-corrected chi connectivity index (χ4v) is 2.70. The fourth-order valence-electron chi connectivity index (χ4n) is 2.70. The SMILES string of the molecule is Oc1ccccc1C=NC1CCN(Cc2ccccc2)C1. The zero-order valence-electron chi connectivity index (χ0n) is 12.0. The van der Waals surface area contributed by atoms with E-state index in [4.69, 9.17) is 0 Å². The Balaban J connectivity index is 1.56. The fraction of sp³-hybridized carbons (Fsp3) is 0.278. The molecule has 1 aliphatic rings. The van der Waals surface area contributed by atoms with E-state index in [0.717, 1.165) is 31.6 Å². The van der Waals surface area contributed by atoms with Gasteiger partial charge < -0.3 is 5.11 Å². The lowest BCUT2D eigenvalue weighted by Gasteiger charge is -2.14. The van der Waals surface area contributed by atoms with Crippen LogP contribution in [0.2, 0.25) is 0 Å². The molecule has 0 spiro atoms. The highest BCUT2D eigenvalue weighted by molar-refractivity contribution is 5.83. The monoisotopic (exact) mass is 280 g/mol. The summed E-state index contributed by atoms with van der Waals surface area (Å²) in [6.45, 7) is 3.06. The first-order valence-corrected chi connectivity index (χ1v) is 7.39. The maximum absolute atomic E-state index is 9.73. The molecule has 1 atom stereocenters. The molecule has 0 bridgehead atoms. The molecule has 1 fully saturated rings. The largest absolute Gasteiger partial charge is 0.507 e. The molecule has 1 aliphatic heterocycles. The summed E-state index contributed by atoms with van der Waals surface area (Å²) in [4.78, 5) is 7.05. The second-order valence-corrected chi connectivity index (χ2v) is 5.50. The minimum atomic E-state index is 0.292. The Bertz CT molecular complexity index is 610. The van der Waals surface area contributed by atoms with Crippen molar-refractivity contribution in [1.82, 2.24) is 4.90 Å². The van der Waals surface area contributed by atoms with Gasteiger partial charge in [-0.15, -0.1) is 0 Å². The van der Waals surface area contributed by atoms with E-state index in [0.29, 0.717) is 11.8 Å². The maximum Gasteiger partial charge on any atom is 0.124 e. The standard InChI is InChI=1S/C18H20N2O/c21-18-9-5-4-8-16(18)12-19-17-10-11-20(14-17)13-15-6-2-1-3-7-15/h1-9,12,17,21H,10-11,13-14H2. The first-order valence-electron chi connectivity index (χ1n) is 7.39. The van der Waals surface area contributed by atoms with E-state index in [9.17, 15) is 5.11 Å². The normalized spacial score (nSPS) is 19.3. The van der Waals surface area contributed by atoms with Crippen LogP contribution in [0.3, 0.4) is 0 Å². The van der Waals surface area contributed by atoms with Crippen LogP contribution in [0.4, 0.5) is 0 Å². The zero-order chi connectivity index (χ0) is 14.5. The predicted octanol–water partition coefficient (Wildman–Crippen LogP) is 3.09. The zero-order valence-corrected chi connectivity index (χ0v) is 12.0. The first-order chi connectivity index (χ1) is 10.3. The molecule has 1 unspecified atom stereocenters. The number of nitrogens with zero attached hydrogens (tertiary/aromatic N) is 2. The van der Waals surface area contributed by atoms with Crippen LogP contribution in [0.1, 0.15) is 17.5 Å². The average molecular weight is 280 g/mol. The summed E-state index contributed by atoms with van der Waals surface area (Å²) in [6.07, 6.45) is 2.88. The van der Waals surface area contributed by atoms with E-state index < -0.39 is 0 Å². The van der Waals surface area contributed by atoms with Crippen LogP contribution in [0.5, 0.6) is 5.75 Å². The minimum Gasteiger partial charge on any atom is -0.507 e. The third kappa shape index (κ3) is 3.70. The van der Waals surface area contributed by atoms with Gasteiger partial charge in [-0.05, 0) is 24.1 Å². The Hall–Kier alpha value is -2.13. The van der Waals surface area contributed by atoms with Crippen molar-refractivity contribution in [2.45, 2.75) is 19.0 Å². The Morgan fingerprint density at radius 3 is 2.67 bits per heavy atom. The summed E-state index contributed by atoms with van der Waals surface area (Å²) < 4.78 is 0. The van der Waals surface area contributed by atoms with Crippen molar-refractivity contribution in [3.05, 3.63) is 65.7 Å². The van der Waals surface area contributed by atoms with Crippen molar-refractivity contribution in [3.63, 3.8) is 0 Å². The lowest BCUT2D eigenvalue weighted by Crippen LogP contribution is -2.21. The third-order valence-corrected chi connectivity index (χ3v) is 3.86. The quantitative estimate of drug-likeness (QED) is 0.874. The molecule has 1 heterocycles. The molecule has 3 nitrogen and oxygen atoms in total. The third-order valence-electron chi connectivity index (χ3n) is 3.86. The second kappa shape index (κ2) is 6.55. The molecule has 0 aromatic heterocycles. The van der Waals surface area contributed by atoms with Crippen LogP contribution in [0, 0.1) is 0 Å². The number of hydrogen-bond donors (Lipinski definition) is 1. The number of rotatable bonds is 4. The van der Waals surface area contributed by atoms with Gasteiger partial charge >= 0.3 is 0 Å². The summed E-state index contributed by atoms with van der Waals surface area (Å²) in [7, 11) is 0.